The van der Waals surface area contributed by atoms with Gasteiger partial charge < -0.3 is 9.84 Å². The van der Waals surface area contributed by atoms with Crippen LogP contribution in [-0.2, 0) is 0 Å². The number of aryl methyl sites for hydroxylation is 1. The van der Waals surface area contributed by atoms with Crippen LogP contribution in [0.1, 0.15) is 29.7 Å². The van der Waals surface area contributed by atoms with E-state index in [0.29, 0.717) is 6.61 Å². The molecule has 0 aromatic heterocycles. The van der Waals surface area contributed by atoms with Gasteiger partial charge in [0, 0.05) is 4.47 Å². The molecule has 0 saturated carbocycles. The Morgan fingerprint density at radius 2 is 2.00 bits per heavy atom. The zero-order valence-electron chi connectivity index (χ0n) is 11.1. The molecular weight excluding hydrogens is 304 g/mol. The number of rotatable bonds is 4. The van der Waals surface area contributed by atoms with Crippen molar-refractivity contribution in [1.29, 1.82) is 0 Å². The Morgan fingerprint density at radius 1 is 1.21 bits per heavy atom. The molecular formula is C16H17BrO2. The SMILES string of the molecule is CCOc1cccc(C(O)c2ccc(Br)cc2C)c1. The van der Waals surface area contributed by atoms with E-state index in [1.807, 2.05) is 56.3 Å². The van der Waals surface area contributed by atoms with Crippen molar-refractivity contribution in [2.24, 2.45) is 0 Å². The second-order valence-corrected chi connectivity index (χ2v) is 5.32. The van der Waals surface area contributed by atoms with E-state index in [1.54, 1.807) is 0 Å². The highest BCUT2D eigenvalue weighted by atomic mass is 79.9. The number of aliphatic hydroxyl groups is 1. The van der Waals surface area contributed by atoms with Gasteiger partial charge in [0.05, 0.1) is 6.61 Å². The van der Waals surface area contributed by atoms with Crippen LogP contribution in [0.15, 0.2) is 46.9 Å². The fraction of sp³-hybridized carbons (Fsp3) is 0.250. The first-order valence-corrected chi connectivity index (χ1v) is 7.08. The summed E-state index contributed by atoms with van der Waals surface area (Å²) in [6, 6.07) is 13.5. The van der Waals surface area contributed by atoms with Crippen molar-refractivity contribution in [3.8, 4) is 5.75 Å². The van der Waals surface area contributed by atoms with Crippen molar-refractivity contribution in [3.05, 3.63) is 63.6 Å². The molecule has 0 amide bonds. The zero-order chi connectivity index (χ0) is 13.8. The summed E-state index contributed by atoms with van der Waals surface area (Å²) in [6.45, 7) is 4.56. The van der Waals surface area contributed by atoms with Gasteiger partial charge in [-0.25, -0.2) is 0 Å². The van der Waals surface area contributed by atoms with Crippen LogP contribution >= 0.6 is 15.9 Å². The lowest BCUT2D eigenvalue weighted by Crippen LogP contribution is -2.02. The highest BCUT2D eigenvalue weighted by Crippen LogP contribution is 2.28. The second-order valence-electron chi connectivity index (χ2n) is 4.41. The zero-order valence-corrected chi connectivity index (χ0v) is 12.6. The molecule has 0 radical (unpaired) electrons. The Balaban J connectivity index is 2.32. The standard InChI is InChI=1S/C16H17BrO2/c1-3-19-14-6-4-5-12(10-14)16(18)15-8-7-13(17)9-11(15)2/h4-10,16,18H,3H2,1-2H3. The van der Waals surface area contributed by atoms with Crippen molar-refractivity contribution in [3.63, 3.8) is 0 Å². The molecule has 3 heteroatoms. The lowest BCUT2D eigenvalue weighted by molar-refractivity contribution is 0.218. The molecule has 0 saturated heterocycles. The minimum Gasteiger partial charge on any atom is -0.494 e. The maximum atomic E-state index is 10.5. The predicted octanol–water partition coefficient (Wildman–Crippen LogP) is 4.24. The third-order valence-corrected chi connectivity index (χ3v) is 3.50. The van der Waals surface area contributed by atoms with E-state index in [-0.39, 0.29) is 0 Å². The van der Waals surface area contributed by atoms with Crippen molar-refractivity contribution in [2.75, 3.05) is 6.61 Å². The molecule has 1 N–H and O–H groups in total. The van der Waals surface area contributed by atoms with Gasteiger partial charge >= 0.3 is 0 Å². The number of ether oxygens (including phenoxy) is 1. The smallest absolute Gasteiger partial charge is 0.119 e. The fourth-order valence-electron chi connectivity index (χ4n) is 2.07. The molecule has 2 aromatic carbocycles. The van der Waals surface area contributed by atoms with Gasteiger partial charge in [0.1, 0.15) is 11.9 Å². The largest absolute Gasteiger partial charge is 0.494 e. The molecule has 0 aliphatic rings. The molecule has 0 spiro atoms. The van der Waals surface area contributed by atoms with E-state index in [1.165, 1.54) is 0 Å². The van der Waals surface area contributed by atoms with Crippen LogP contribution < -0.4 is 4.74 Å². The molecule has 2 nitrogen and oxygen atoms in total. The second kappa shape index (κ2) is 6.22. The summed E-state index contributed by atoms with van der Waals surface area (Å²) >= 11 is 3.43. The maximum Gasteiger partial charge on any atom is 0.119 e. The minimum atomic E-state index is -0.631. The predicted molar refractivity (Wildman–Crippen MR) is 80.6 cm³/mol. The lowest BCUT2D eigenvalue weighted by atomic mass is 9.97. The first-order chi connectivity index (χ1) is 9.11. The Hall–Kier alpha value is -1.32. The van der Waals surface area contributed by atoms with Crippen molar-refractivity contribution in [2.45, 2.75) is 20.0 Å². The summed E-state index contributed by atoms with van der Waals surface area (Å²) < 4.78 is 6.48. The van der Waals surface area contributed by atoms with Crippen LogP contribution in [0.2, 0.25) is 0 Å². The van der Waals surface area contributed by atoms with Gasteiger partial charge in [-0.3, -0.25) is 0 Å². The number of halogens is 1. The summed E-state index contributed by atoms with van der Waals surface area (Å²) in [5, 5.41) is 10.5. The van der Waals surface area contributed by atoms with E-state index in [9.17, 15) is 5.11 Å². The van der Waals surface area contributed by atoms with Gasteiger partial charge in [-0.05, 0) is 54.8 Å². The lowest BCUT2D eigenvalue weighted by Gasteiger charge is -2.15. The van der Waals surface area contributed by atoms with Gasteiger partial charge in [-0.15, -0.1) is 0 Å². The van der Waals surface area contributed by atoms with Gasteiger partial charge in [0.25, 0.3) is 0 Å². The van der Waals surface area contributed by atoms with Crippen LogP contribution in [0.3, 0.4) is 0 Å². The van der Waals surface area contributed by atoms with Crippen LogP contribution in [0.5, 0.6) is 5.75 Å². The Kier molecular flexibility index (Phi) is 4.61. The minimum absolute atomic E-state index is 0.622. The molecule has 2 aromatic rings. The third kappa shape index (κ3) is 3.37. The Labute approximate surface area is 122 Å². The summed E-state index contributed by atoms with van der Waals surface area (Å²) in [5.74, 6) is 0.786. The van der Waals surface area contributed by atoms with Crippen LogP contribution in [0.25, 0.3) is 0 Å². The van der Waals surface area contributed by atoms with Gasteiger partial charge in [0.2, 0.25) is 0 Å². The molecule has 0 heterocycles. The van der Waals surface area contributed by atoms with E-state index in [0.717, 1.165) is 26.9 Å². The molecule has 1 atom stereocenters. The van der Waals surface area contributed by atoms with Crippen LogP contribution in [0.4, 0.5) is 0 Å². The van der Waals surface area contributed by atoms with E-state index in [4.69, 9.17) is 4.74 Å². The maximum absolute atomic E-state index is 10.5. The Morgan fingerprint density at radius 3 is 2.68 bits per heavy atom. The first kappa shape index (κ1) is 14.1. The van der Waals surface area contributed by atoms with E-state index < -0.39 is 6.10 Å². The highest BCUT2D eigenvalue weighted by Gasteiger charge is 2.13. The number of benzene rings is 2. The number of hydrogen-bond acceptors (Lipinski definition) is 2. The molecule has 19 heavy (non-hydrogen) atoms. The Bertz CT molecular complexity index is 566. The number of hydrogen-bond donors (Lipinski definition) is 1. The monoisotopic (exact) mass is 320 g/mol. The van der Waals surface area contributed by atoms with Crippen molar-refractivity contribution < 1.29 is 9.84 Å². The highest BCUT2D eigenvalue weighted by molar-refractivity contribution is 9.10. The van der Waals surface area contributed by atoms with Crippen LogP contribution in [0, 0.1) is 6.92 Å². The molecule has 2 rings (SSSR count). The molecule has 0 bridgehead atoms. The van der Waals surface area contributed by atoms with Crippen molar-refractivity contribution >= 4 is 15.9 Å². The summed E-state index contributed by atoms with van der Waals surface area (Å²) in [4.78, 5) is 0. The number of aliphatic hydroxyl groups excluding tert-OH is 1. The average Bonchev–Trinajstić information content (AvgIpc) is 2.39. The fourth-order valence-corrected chi connectivity index (χ4v) is 2.54. The topological polar surface area (TPSA) is 29.5 Å². The van der Waals surface area contributed by atoms with Crippen LogP contribution in [-0.4, -0.2) is 11.7 Å². The summed E-state index contributed by atoms with van der Waals surface area (Å²) in [7, 11) is 0. The molecule has 0 fully saturated rings. The van der Waals surface area contributed by atoms with Gasteiger partial charge in [-0.1, -0.05) is 34.1 Å². The van der Waals surface area contributed by atoms with E-state index in [2.05, 4.69) is 15.9 Å². The normalized spacial score (nSPS) is 12.2. The quantitative estimate of drug-likeness (QED) is 0.913. The van der Waals surface area contributed by atoms with Gasteiger partial charge in [0.15, 0.2) is 0 Å². The average molecular weight is 321 g/mol. The summed E-state index contributed by atoms with van der Waals surface area (Å²) in [6.07, 6.45) is -0.631. The van der Waals surface area contributed by atoms with Gasteiger partial charge in [-0.2, -0.15) is 0 Å². The molecule has 0 aliphatic carbocycles. The molecule has 100 valence electrons. The third-order valence-electron chi connectivity index (χ3n) is 3.01. The van der Waals surface area contributed by atoms with Crippen molar-refractivity contribution in [1.82, 2.24) is 0 Å². The molecule has 1 unspecified atom stereocenters. The van der Waals surface area contributed by atoms with E-state index >= 15 is 0 Å². The first-order valence-electron chi connectivity index (χ1n) is 6.28. The molecule has 0 aliphatic heterocycles. The summed E-state index contributed by atoms with van der Waals surface area (Å²) in [5.41, 5.74) is 2.82.